The fraction of sp³-hybridized carbons (Fsp3) is 0.360. The number of H-pyrrole nitrogens is 1. The number of sulfone groups is 1. The first kappa shape index (κ1) is 26.7. The molecular weight excluding hydrogens is 532 g/mol. The Morgan fingerprint density at radius 3 is 2.69 bits per heavy atom. The number of hydrogen-bond donors (Lipinski definition) is 3. The molecule has 1 fully saturated rings. The van der Waals surface area contributed by atoms with Gasteiger partial charge in [-0.15, -0.1) is 0 Å². The molecule has 1 amide bonds. The second-order valence-corrected chi connectivity index (χ2v) is 11.3. The van der Waals surface area contributed by atoms with Gasteiger partial charge in [-0.05, 0) is 37.5 Å². The zero-order chi connectivity index (χ0) is 27.7. The lowest BCUT2D eigenvalue weighted by atomic mass is 10.1. The molecule has 3 N–H and O–H groups in total. The Morgan fingerprint density at radius 2 is 2.00 bits per heavy atom. The monoisotopic (exact) mass is 559 g/mol. The number of anilines is 3. The molecule has 0 unspecified atom stereocenters. The van der Waals surface area contributed by atoms with E-state index in [1.165, 1.54) is 12.1 Å². The van der Waals surface area contributed by atoms with Crippen molar-refractivity contribution in [2.24, 2.45) is 5.92 Å². The number of imidazole rings is 1. The smallest absolute Gasteiger partial charge is 0.295 e. The number of nitrogens with zero attached hydrogens (tertiary/aromatic N) is 4. The summed E-state index contributed by atoms with van der Waals surface area (Å²) < 4.78 is 59.2. The molecule has 14 heteroatoms. The third-order valence-electron chi connectivity index (χ3n) is 6.20. The van der Waals surface area contributed by atoms with Crippen LogP contribution in [0.5, 0.6) is 0 Å². The van der Waals surface area contributed by atoms with E-state index < -0.39 is 22.1 Å². The Balaban J connectivity index is 1.51. The minimum Gasteiger partial charge on any atom is -0.385 e. The Kier molecular flexibility index (Phi) is 7.32. The first-order valence-electron chi connectivity index (χ1n) is 12.3. The predicted octanol–water partition coefficient (Wildman–Crippen LogP) is 4.29. The molecule has 0 spiro atoms. The lowest BCUT2D eigenvalue weighted by Crippen LogP contribution is -2.14. The van der Waals surface area contributed by atoms with Gasteiger partial charge in [0, 0.05) is 50.3 Å². The van der Waals surface area contributed by atoms with Crippen LogP contribution in [0.2, 0.25) is 0 Å². The third-order valence-corrected chi connectivity index (χ3v) is 7.34. The highest BCUT2D eigenvalue weighted by Crippen LogP contribution is 2.35. The van der Waals surface area contributed by atoms with Crippen LogP contribution in [0.4, 0.5) is 26.0 Å². The summed E-state index contributed by atoms with van der Waals surface area (Å²) in [5, 5.41) is 10.2. The molecule has 3 aromatic heterocycles. The van der Waals surface area contributed by atoms with E-state index in [1.807, 2.05) is 0 Å². The van der Waals surface area contributed by atoms with Crippen molar-refractivity contribution >= 4 is 44.1 Å². The molecule has 39 heavy (non-hydrogen) atoms. The number of nitrogens with one attached hydrogen (secondary N) is 3. The summed E-state index contributed by atoms with van der Waals surface area (Å²) >= 11 is 0. The summed E-state index contributed by atoms with van der Waals surface area (Å²) in [7, 11) is -2.11. The normalized spacial score (nSPS) is 13.8. The van der Waals surface area contributed by atoms with Gasteiger partial charge in [0.1, 0.15) is 11.3 Å². The van der Waals surface area contributed by atoms with E-state index in [0.29, 0.717) is 24.4 Å². The van der Waals surface area contributed by atoms with Crippen LogP contribution < -0.4 is 10.6 Å². The lowest BCUT2D eigenvalue weighted by molar-refractivity contribution is -0.117. The van der Waals surface area contributed by atoms with Gasteiger partial charge >= 0.3 is 0 Å². The zero-order valence-corrected chi connectivity index (χ0v) is 22.1. The number of rotatable bonds is 11. The summed E-state index contributed by atoms with van der Waals surface area (Å²) in [4.78, 5) is 22.9. The fourth-order valence-corrected chi connectivity index (χ4v) is 4.95. The van der Waals surface area contributed by atoms with Crippen molar-refractivity contribution in [2.45, 2.75) is 37.1 Å². The van der Waals surface area contributed by atoms with Crippen molar-refractivity contribution in [3.05, 3.63) is 42.4 Å². The van der Waals surface area contributed by atoms with E-state index in [0.717, 1.165) is 25.5 Å². The molecule has 11 nitrogen and oxygen atoms in total. The fourth-order valence-electron chi connectivity index (χ4n) is 4.09. The molecule has 0 atom stereocenters. The SMILES string of the molecule is COCCCn1ccc(-c2ccc(Nc3cc(NC(=O)C4CC4)nc4[nH]c(C(F)F)nc34)c(S(C)(=O)=O)c2)n1. The number of aromatic nitrogens is 5. The first-order chi connectivity index (χ1) is 18.6. The maximum Gasteiger partial charge on any atom is 0.295 e. The van der Waals surface area contributed by atoms with Crippen molar-refractivity contribution in [2.75, 3.05) is 30.6 Å². The van der Waals surface area contributed by atoms with Crippen LogP contribution in [-0.4, -0.2) is 59.0 Å². The van der Waals surface area contributed by atoms with Crippen molar-refractivity contribution in [3.63, 3.8) is 0 Å². The van der Waals surface area contributed by atoms with Crippen molar-refractivity contribution in [1.82, 2.24) is 24.7 Å². The van der Waals surface area contributed by atoms with Gasteiger partial charge in [-0.2, -0.15) is 5.10 Å². The standard InChI is InChI=1S/C25H27F2N7O4S/c1-38-11-3-9-34-10-8-16(33-34)15-6-7-17(19(12-15)39(2,36)37)28-18-13-20(30-25(35)14-4-5-14)29-23-21(18)31-24(32-23)22(26)27/h6-8,10,12-14,22H,3-5,9,11H2,1-2H3,(H3,28,29,30,31,32,35). The van der Waals surface area contributed by atoms with Crippen LogP contribution in [-0.2, 0) is 25.9 Å². The highest BCUT2D eigenvalue weighted by molar-refractivity contribution is 7.90. The number of carbonyl (C=O) groups excluding carboxylic acids is 1. The van der Waals surface area contributed by atoms with Crippen LogP contribution in [0.25, 0.3) is 22.4 Å². The van der Waals surface area contributed by atoms with E-state index in [1.54, 1.807) is 36.2 Å². The number of benzene rings is 1. The second-order valence-electron chi connectivity index (χ2n) is 9.36. The molecule has 4 aromatic rings. The number of halogens is 2. The molecule has 0 saturated heterocycles. The molecule has 1 aromatic carbocycles. The molecule has 5 rings (SSSR count). The highest BCUT2D eigenvalue weighted by atomic mass is 32.2. The molecule has 0 radical (unpaired) electrons. The van der Waals surface area contributed by atoms with E-state index >= 15 is 0 Å². The number of ether oxygens (including phenoxy) is 1. The summed E-state index contributed by atoms with van der Waals surface area (Å²) in [5.74, 6) is -0.789. The highest BCUT2D eigenvalue weighted by Gasteiger charge is 2.30. The van der Waals surface area contributed by atoms with Gasteiger partial charge < -0.3 is 20.4 Å². The van der Waals surface area contributed by atoms with Crippen LogP contribution in [0, 0.1) is 5.92 Å². The minimum atomic E-state index is -3.74. The molecule has 1 aliphatic carbocycles. The van der Waals surface area contributed by atoms with E-state index in [4.69, 9.17) is 4.74 Å². The number of pyridine rings is 1. The van der Waals surface area contributed by atoms with Gasteiger partial charge in [0.05, 0.1) is 22.0 Å². The second kappa shape index (κ2) is 10.7. The Bertz CT molecular complexity index is 1630. The number of methoxy groups -OCH3 is 1. The zero-order valence-electron chi connectivity index (χ0n) is 21.2. The van der Waals surface area contributed by atoms with Gasteiger partial charge in [-0.3, -0.25) is 9.48 Å². The van der Waals surface area contributed by atoms with Crippen molar-refractivity contribution < 1.29 is 26.7 Å². The molecule has 3 heterocycles. The van der Waals surface area contributed by atoms with E-state index in [9.17, 15) is 22.0 Å². The first-order valence-corrected chi connectivity index (χ1v) is 14.1. The van der Waals surface area contributed by atoms with E-state index in [-0.39, 0.29) is 45.1 Å². The molecule has 206 valence electrons. The number of amides is 1. The molecule has 1 aliphatic rings. The number of carbonyl (C=O) groups is 1. The quantitative estimate of drug-likeness (QED) is 0.231. The number of hydrogen-bond acceptors (Lipinski definition) is 8. The summed E-state index contributed by atoms with van der Waals surface area (Å²) in [6.45, 7) is 1.24. The average molecular weight is 560 g/mol. The van der Waals surface area contributed by atoms with Crippen LogP contribution in [0.15, 0.2) is 41.4 Å². The maximum absolute atomic E-state index is 13.4. The summed E-state index contributed by atoms with van der Waals surface area (Å²) in [5.41, 5.74) is 1.69. The third kappa shape index (κ3) is 6.06. The van der Waals surface area contributed by atoms with Crippen LogP contribution in [0.1, 0.15) is 31.5 Å². The molecule has 1 saturated carbocycles. The van der Waals surface area contributed by atoms with Crippen LogP contribution >= 0.6 is 0 Å². The Labute approximate surface area is 222 Å². The van der Waals surface area contributed by atoms with Crippen LogP contribution in [0.3, 0.4) is 0 Å². The number of aromatic amines is 1. The maximum atomic E-state index is 13.4. The van der Waals surface area contributed by atoms with Gasteiger partial charge in [0.25, 0.3) is 6.43 Å². The van der Waals surface area contributed by atoms with Gasteiger partial charge in [-0.1, -0.05) is 6.07 Å². The average Bonchev–Trinajstić information content (AvgIpc) is 3.47. The van der Waals surface area contributed by atoms with Gasteiger partial charge in [-0.25, -0.2) is 27.2 Å². The predicted molar refractivity (Wildman–Crippen MR) is 141 cm³/mol. The number of alkyl halides is 2. The van der Waals surface area contributed by atoms with Gasteiger partial charge in [0.15, 0.2) is 21.3 Å². The lowest BCUT2D eigenvalue weighted by Gasteiger charge is -2.14. The number of fused-ring (bicyclic) bond motifs is 1. The summed E-state index contributed by atoms with van der Waals surface area (Å²) in [6, 6.07) is 8.02. The Morgan fingerprint density at radius 1 is 1.21 bits per heavy atom. The topological polar surface area (TPSA) is 144 Å². The molecule has 0 bridgehead atoms. The summed E-state index contributed by atoms with van der Waals surface area (Å²) in [6.07, 6.45) is 2.33. The van der Waals surface area contributed by atoms with Crippen molar-refractivity contribution in [3.8, 4) is 11.3 Å². The Hall–Kier alpha value is -3.91. The van der Waals surface area contributed by atoms with Gasteiger partial charge in [0.2, 0.25) is 5.91 Å². The molecule has 0 aliphatic heterocycles. The number of aryl methyl sites for hydroxylation is 1. The molecular formula is C25H27F2N7O4S. The minimum absolute atomic E-state index is 0.0212. The van der Waals surface area contributed by atoms with E-state index in [2.05, 4.69) is 30.7 Å². The largest absolute Gasteiger partial charge is 0.385 e. The van der Waals surface area contributed by atoms with Crippen molar-refractivity contribution in [1.29, 1.82) is 0 Å².